The Morgan fingerprint density at radius 1 is 1.38 bits per heavy atom. The second-order valence-corrected chi connectivity index (χ2v) is 4.59. The largest absolute Gasteiger partial charge is 0.390 e. The highest BCUT2D eigenvalue weighted by Gasteiger charge is 2.07. The van der Waals surface area contributed by atoms with Gasteiger partial charge < -0.3 is 9.67 Å². The molecule has 4 nitrogen and oxygen atoms in total. The van der Waals surface area contributed by atoms with Crippen LogP contribution in [0.25, 0.3) is 0 Å². The first-order chi connectivity index (χ1) is 7.70. The Bertz CT molecular complexity index is 483. The zero-order valence-electron chi connectivity index (χ0n) is 8.59. The summed E-state index contributed by atoms with van der Waals surface area (Å²) in [6.07, 6.45) is 3.25. The average molecular weight is 256 g/mol. The van der Waals surface area contributed by atoms with E-state index in [1.165, 1.54) is 11.8 Å². The number of aromatic nitrogens is 3. The minimum Gasteiger partial charge on any atom is -0.390 e. The number of halogens is 1. The van der Waals surface area contributed by atoms with Crippen LogP contribution in [0, 0.1) is 0 Å². The topological polar surface area (TPSA) is 50.9 Å². The van der Waals surface area contributed by atoms with Crippen LogP contribution in [0.1, 0.15) is 5.69 Å². The summed E-state index contributed by atoms with van der Waals surface area (Å²) in [6, 6.07) is 3.62. The van der Waals surface area contributed by atoms with E-state index in [0.29, 0.717) is 5.02 Å². The first kappa shape index (κ1) is 11.4. The molecule has 16 heavy (non-hydrogen) atoms. The summed E-state index contributed by atoms with van der Waals surface area (Å²) in [5, 5.41) is 11.3. The third-order valence-electron chi connectivity index (χ3n) is 2.10. The molecule has 0 aliphatic rings. The lowest BCUT2D eigenvalue weighted by Gasteiger charge is -2.02. The van der Waals surface area contributed by atoms with Gasteiger partial charge in [0.25, 0.3) is 0 Å². The molecular weight excluding hydrogens is 246 g/mol. The molecule has 0 aliphatic heterocycles. The predicted octanol–water partition coefficient (Wildman–Crippen LogP) is 2.11. The number of aliphatic hydroxyl groups excluding tert-OH is 1. The molecule has 0 unspecified atom stereocenters. The summed E-state index contributed by atoms with van der Waals surface area (Å²) >= 11 is 7.18. The first-order valence-electron chi connectivity index (χ1n) is 4.61. The van der Waals surface area contributed by atoms with Crippen LogP contribution in [-0.2, 0) is 13.7 Å². The zero-order valence-corrected chi connectivity index (χ0v) is 10.2. The molecule has 84 valence electrons. The Balaban J connectivity index is 2.20. The van der Waals surface area contributed by atoms with Crippen LogP contribution in [0.15, 0.2) is 34.7 Å². The molecule has 0 aromatic carbocycles. The van der Waals surface area contributed by atoms with Gasteiger partial charge in [0.1, 0.15) is 5.03 Å². The maximum Gasteiger partial charge on any atom is 0.174 e. The molecule has 0 bridgehead atoms. The van der Waals surface area contributed by atoms with Crippen LogP contribution >= 0.6 is 23.4 Å². The standard InChI is InChI=1S/C10H10ClN3OS/c1-14-8(6-15)5-13-10(14)16-9-3-2-7(11)4-12-9/h2-5,15H,6H2,1H3. The van der Waals surface area contributed by atoms with Gasteiger partial charge in [0.05, 0.1) is 23.5 Å². The molecule has 2 aromatic rings. The Morgan fingerprint density at radius 3 is 2.75 bits per heavy atom. The number of hydrogen-bond donors (Lipinski definition) is 1. The van der Waals surface area contributed by atoms with Crippen LogP contribution in [0.2, 0.25) is 5.02 Å². The van der Waals surface area contributed by atoms with Crippen LogP contribution in [0.3, 0.4) is 0 Å². The van der Waals surface area contributed by atoms with Gasteiger partial charge in [-0.3, -0.25) is 0 Å². The average Bonchev–Trinajstić information content (AvgIpc) is 2.63. The van der Waals surface area contributed by atoms with E-state index in [2.05, 4.69) is 9.97 Å². The van der Waals surface area contributed by atoms with E-state index in [9.17, 15) is 0 Å². The van der Waals surface area contributed by atoms with E-state index in [-0.39, 0.29) is 6.61 Å². The van der Waals surface area contributed by atoms with Crippen molar-refractivity contribution in [2.75, 3.05) is 0 Å². The molecule has 2 rings (SSSR count). The van der Waals surface area contributed by atoms with Gasteiger partial charge in [0.2, 0.25) is 0 Å². The van der Waals surface area contributed by atoms with Gasteiger partial charge in [-0.25, -0.2) is 9.97 Å². The maximum absolute atomic E-state index is 9.03. The highest BCUT2D eigenvalue weighted by Crippen LogP contribution is 2.25. The number of hydrogen-bond acceptors (Lipinski definition) is 4. The molecule has 0 spiro atoms. The lowest BCUT2D eigenvalue weighted by Crippen LogP contribution is -1.97. The van der Waals surface area contributed by atoms with Gasteiger partial charge >= 0.3 is 0 Å². The minimum atomic E-state index is -0.0158. The van der Waals surface area contributed by atoms with Gasteiger partial charge in [0.15, 0.2) is 5.16 Å². The van der Waals surface area contributed by atoms with E-state index in [0.717, 1.165) is 15.9 Å². The molecule has 1 N–H and O–H groups in total. The Hall–Kier alpha value is -1.04. The predicted molar refractivity (Wildman–Crippen MR) is 62.5 cm³/mol. The molecule has 0 atom stereocenters. The number of nitrogens with zero attached hydrogens (tertiary/aromatic N) is 3. The third-order valence-corrected chi connectivity index (χ3v) is 3.34. The number of aliphatic hydroxyl groups is 1. The molecule has 0 radical (unpaired) electrons. The summed E-state index contributed by atoms with van der Waals surface area (Å²) in [5.41, 5.74) is 0.775. The Kier molecular flexibility index (Phi) is 3.48. The van der Waals surface area contributed by atoms with Crippen molar-refractivity contribution in [1.29, 1.82) is 0 Å². The monoisotopic (exact) mass is 255 g/mol. The fourth-order valence-corrected chi connectivity index (χ4v) is 2.08. The fraction of sp³-hybridized carbons (Fsp3) is 0.200. The fourth-order valence-electron chi connectivity index (χ4n) is 1.18. The van der Waals surface area contributed by atoms with E-state index < -0.39 is 0 Å². The summed E-state index contributed by atoms with van der Waals surface area (Å²) in [4.78, 5) is 8.36. The van der Waals surface area contributed by atoms with Crippen molar-refractivity contribution in [3.63, 3.8) is 0 Å². The molecule has 0 saturated heterocycles. The summed E-state index contributed by atoms with van der Waals surface area (Å²) in [5.74, 6) is 0. The zero-order chi connectivity index (χ0) is 11.5. The number of pyridine rings is 1. The SMILES string of the molecule is Cn1c(CO)cnc1Sc1ccc(Cl)cn1. The molecule has 6 heteroatoms. The number of imidazole rings is 1. The second-order valence-electron chi connectivity index (χ2n) is 3.17. The van der Waals surface area contributed by atoms with Gasteiger partial charge in [0, 0.05) is 13.2 Å². The molecule has 2 aromatic heterocycles. The van der Waals surface area contributed by atoms with E-state index >= 15 is 0 Å². The Labute approximate surface area is 102 Å². The highest BCUT2D eigenvalue weighted by atomic mass is 35.5. The minimum absolute atomic E-state index is 0.0158. The van der Waals surface area contributed by atoms with E-state index in [4.69, 9.17) is 16.7 Å². The van der Waals surface area contributed by atoms with Crippen LogP contribution in [0.5, 0.6) is 0 Å². The molecular formula is C10H10ClN3OS. The molecule has 0 aliphatic carbocycles. The van der Waals surface area contributed by atoms with Crippen molar-refractivity contribution < 1.29 is 5.11 Å². The van der Waals surface area contributed by atoms with Crippen molar-refractivity contribution >= 4 is 23.4 Å². The van der Waals surface area contributed by atoms with Gasteiger partial charge in [-0.2, -0.15) is 0 Å². The molecule has 2 heterocycles. The maximum atomic E-state index is 9.03. The summed E-state index contributed by atoms with van der Waals surface area (Å²) in [7, 11) is 1.86. The van der Waals surface area contributed by atoms with Crippen molar-refractivity contribution in [2.24, 2.45) is 7.05 Å². The molecule has 0 fully saturated rings. The van der Waals surface area contributed by atoms with Crippen molar-refractivity contribution in [3.05, 3.63) is 35.2 Å². The van der Waals surface area contributed by atoms with Crippen molar-refractivity contribution in [2.45, 2.75) is 16.8 Å². The van der Waals surface area contributed by atoms with E-state index in [1.54, 1.807) is 18.5 Å². The van der Waals surface area contributed by atoms with Crippen molar-refractivity contribution in [1.82, 2.24) is 14.5 Å². The van der Waals surface area contributed by atoms with Crippen LogP contribution in [0.4, 0.5) is 0 Å². The first-order valence-corrected chi connectivity index (χ1v) is 5.81. The number of rotatable bonds is 3. The van der Waals surface area contributed by atoms with Gasteiger partial charge in [-0.15, -0.1) is 0 Å². The van der Waals surface area contributed by atoms with E-state index in [1.807, 2.05) is 17.7 Å². The molecule has 0 saturated carbocycles. The van der Waals surface area contributed by atoms with Crippen LogP contribution < -0.4 is 0 Å². The normalized spacial score (nSPS) is 10.7. The summed E-state index contributed by atoms with van der Waals surface area (Å²) < 4.78 is 1.83. The smallest absolute Gasteiger partial charge is 0.174 e. The highest BCUT2D eigenvalue weighted by molar-refractivity contribution is 7.99. The summed E-state index contributed by atoms with van der Waals surface area (Å²) in [6.45, 7) is -0.0158. The Morgan fingerprint density at radius 2 is 2.19 bits per heavy atom. The van der Waals surface area contributed by atoms with Gasteiger partial charge in [-0.05, 0) is 23.9 Å². The van der Waals surface area contributed by atoms with Gasteiger partial charge in [-0.1, -0.05) is 11.6 Å². The quantitative estimate of drug-likeness (QED) is 0.913. The second kappa shape index (κ2) is 4.86. The van der Waals surface area contributed by atoms with Crippen LogP contribution in [-0.4, -0.2) is 19.6 Å². The lowest BCUT2D eigenvalue weighted by molar-refractivity contribution is 0.271. The lowest BCUT2D eigenvalue weighted by atomic mass is 10.5. The third kappa shape index (κ3) is 2.37. The van der Waals surface area contributed by atoms with Crippen molar-refractivity contribution in [3.8, 4) is 0 Å². The molecule has 0 amide bonds.